The fourth-order valence-corrected chi connectivity index (χ4v) is 4.48. The number of nitrogens with zero attached hydrogens (tertiary/aromatic N) is 1. The van der Waals surface area contributed by atoms with Gasteiger partial charge in [0.05, 0.1) is 17.7 Å². The van der Waals surface area contributed by atoms with Crippen molar-refractivity contribution < 1.29 is 18.4 Å². The summed E-state index contributed by atoms with van der Waals surface area (Å²) in [5, 5.41) is 3.23. The number of amides is 2. The van der Waals surface area contributed by atoms with Gasteiger partial charge in [0.25, 0.3) is 5.91 Å². The summed E-state index contributed by atoms with van der Waals surface area (Å²) in [6.45, 7) is 1.69. The van der Waals surface area contributed by atoms with Crippen LogP contribution < -0.4 is 5.32 Å². The lowest BCUT2D eigenvalue weighted by Gasteiger charge is -2.21. The number of halogens is 1. The highest BCUT2D eigenvalue weighted by Crippen LogP contribution is 2.33. The number of para-hydroxylation sites is 1. The van der Waals surface area contributed by atoms with Crippen molar-refractivity contribution in [1.82, 2.24) is 4.90 Å². The van der Waals surface area contributed by atoms with Gasteiger partial charge in [0, 0.05) is 15.8 Å². The van der Waals surface area contributed by atoms with Gasteiger partial charge in [-0.1, -0.05) is 24.3 Å². The number of aryl methyl sites for hydroxylation is 1. The molecule has 0 unspecified atom stereocenters. The molecule has 152 valence electrons. The first-order valence-corrected chi connectivity index (χ1v) is 10.2. The quantitative estimate of drug-likeness (QED) is 0.463. The second-order valence-electron chi connectivity index (χ2n) is 6.82. The van der Waals surface area contributed by atoms with Crippen LogP contribution in [0.4, 0.5) is 10.1 Å². The van der Waals surface area contributed by atoms with E-state index in [9.17, 15) is 14.0 Å². The van der Waals surface area contributed by atoms with Crippen molar-refractivity contribution in [3.05, 3.63) is 88.9 Å². The molecular formula is C23H19FN2O3S. The van der Waals surface area contributed by atoms with E-state index in [2.05, 4.69) is 5.32 Å². The summed E-state index contributed by atoms with van der Waals surface area (Å²) in [5.74, 6) is -0.473. The van der Waals surface area contributed by atoms with Gasteiger partial charge in [-0.25, -0.2) is 4.39 Å². The SMILES string of the molecule is Cc1c(C(=O)N(CC(=O)Nc2ccccc2)Cc2ccco2)sc2cccc(F)c12. The van der Waals surface area contributed by atoms with Gasteiger partial charge >= 0.3 is 0 Å². The summed E-state index contributed by atoms with van der Waals surface area (Å²) in [5.41, 5.74) is 1.22. The lowest BCUT2D eigenvalue weighted by Crippen LogP contribution is -2.37. The van der Waals surface area contributed by atoms with E-state index in [1.807, 2.05) is 18.2 Å². The molecule has 5 nitrogen and oxygen atoms in total. The summed E-state index contributed by atoms with van der Waals surface area (Å²) in [6, 6.07) is 17.3. The Labute approximate surface area is 176 Å². The molecule has 4 aromatic rings. The van der Waals surface area contributed by atoms with Crippen molar-refractivity contribution in [2.24, 2.45) is 0 Å². The molecule has 0 aliphatic heterocycles. The number of thiophene rings is 1. The van der Waals surface area contributed by atoms with E-state index in [-0.39, 0.29) is 30.7 Å². The van der Waals surface area contributed by atoms with Crippen molar-refractivity contribution in [2.75, 3.05) is 11.9 Å². The maximum absolute atomic E-state index is 14.3. The Morgan fingerprint density at radius 1 is 1.07 bits per heavy atom. The summed E-state index contributed by atoms with van der Waals surface area (Å²) in [6.07, 6.45) is 1.52. The Bertz CT molecular complexity index is 1190. The fourth-order valence-electron chi connectivity index (χ4n) is 3.29. The Kier molecular flexibility index (Phi) is 5.63. The zero-order valence-electron chi connectivity index (χ0n) is 16.2. The predicted octanol–water partition coefficient (Wildman–Crippen LogP) is 5.22. The average Bonchev–Trinajstić information content (AvgIpc) is 3.36. The molecule has 0 spiro atoms. The van der Waals surface area contributed by atoms with Crippen LogP contribution in [-0.4, -0.2) is 23.3 Å². The maximum Gasteiger partial charge on any atom is 0.265 e. The molecule has 1 N–H and O–H groups in total. The highest BCUT2D eigenvalue weighted by Gasteiger charge is 2.25. The average molecular weight is 422 g/mol. The molecule has 0 fully saturated rings. The van der Waals surface area contributed by atoms with Gasteiger partial charge in [-0.05, 0) is 48.9 Å². The number of nitrogens with one attached hydrogen (secondary N) is 1. The molecule has 30 heavy (non-hydrogen) atoms. The van der Waals surface area contributed by atoms with Gasteiger partial charge in [0.2, 0.25) is 5.91 Å². The smallest absolute Gasteiger partial charge is 0.265 e. The van der Waals surface area contributed by atoms with Crippen LogP contribution in [0, 0.1) is 12.7 Å². The second-order valence-corrected chi connectivity index (χ2v) is 7.88. The Morgan fingerprint density at radius 2 is 1.87 bits per heavy atom. The first-order valence-electron chi connectivity index (χ1n) is 9.37. The third-order valence-electron chi connectivity index (χ3n) is 4.70. The van der Waals surface area contributed by atoms with Crippen molar-refractivity contribution >= 4 is 38.9 Å². The van der Waals surface area contributed by atoms with Crippen LogP contribution in [0.15, 0.2) is 71.3 Å². The van der Waals surface area contributed by atoms with Crippen LogP contribution in [0.3, 0.4) is 0 Å². The molecule has 2 aromatic heterocycles. The third-order valence-corrected chi connectivity index (χ3v) is 5.95. The minimum absolute atomic E-state index is 0.129. The van der Waals surface area contributed by atoms with Crippen molar-refractivity contribution in [3.63, 3.8) is 0 Å². The number of hydrogen-bond acceptors (Lipinski definition) is 4. The van der Waals surface area contributed by atoms with E-state index in [1.54, 1.807) is 43.3 Å². The predicted molar refractivity (Wildman–Crippen MR) is 115 cm³/mol. The standard InChI is InChI=1S/C23H19FN2O3S/c1-15-21-18(24)10-5-11-19(21)30-22(15)23(28)26(13-17-9-6-12-29-17)14-20(27)25-16-7-3-2-4-8-16/h2-12H,13-14H2,1H3,(H,25,27). The molecule has 0 atom stereocenters. The second kappa shape index (κ2) is 8.51. The van der Waals surface area contributed by atoms with Gasteiger partial charge in [-0.3, -0.25) is 9.59 Å². The van der Waals surface area contributed by atoms with Crippen LogP contribution in [0.25, 0.3) is 10.1 Å². The van der Waals surface area contributed by atoms with E-state index in [0.29, 0.717) is 32.0 Å². The summed E-state index contributed by atoms with van der Waals surface area (Å²) in [7, 11) is 0. The highest BCUT2D eigenvalue weighted by molar-refractivity contribution is 7.21. The van der Waals surface area contributed by atoms with Crippen molar-refractivity contribution in [3.8, 4) is 0 Å². The number of rotatable bonds is 6. The van der Waals surface area contributed by atoms with Crippen LogP contribution in [0.2, 0.25) is 0 Å². The summed E-state index contributed by atoms with van der Waals surface area (Å²) < 4.78 is 20.4. The number of anilines is 1. The van der Waals surface area contributed by atoms with E-state index < -0.39 is 0 Å². The highest BCUT2D eigenvalue weighted by atomic mass is 32.1. The number of carbonyl (C=O) groups is 2. The van der Waals surface area contributed by atoms with Crippen LogP contribution in [0.1, 0.15) is 21.0 Å². The minimum atomic E-state index is -0.361. The zero-order chi connectivity index (χ0) is 21.1. The molecule has 7 heteroatoms. The molecule has 0 aliphatic rings. The molecule has 2 amide bonds. The molecule has 4 rings (SSSR count). The number of fused-ring (bicyclic) bond motifs is 1. The maximum atomic E-state index is 14.3. The van der Waals surface area contributed by atoms with E-state index in [1.165, 1.54) is 28.6 Å². The zero-order valence-corrected chi connectivity index (χ0v) is 17.0. The number of benzene rings is 2. The van der Waals surface area contributed by atoms with Gasteiger partial charge in [-0.2, -0.15) is 0 Å². The molecule has 2 aromatic carbocycles. The monoisotopic (exact) mass is 422 g/mol. The molecule has 0 saturated heterocycles. The molecule has 2 heterocycles. The summed E-state index contributed by atoms with van der Waals surface area (Å²) >= 11 is 1.22. The van der Waals surface area contributed by atoms with E-state index in [0.717, 1.165) is 0 Å². The Balaban J connectivity index is 1.62. The molecule has 0 aliphatic carbocycles. The van der Waals surface area contributed by atoms with E-state index >= 15 is 0 Å². The number of carbonyl (C=O) groups excluding carboxylic acids is 2. The molecular weight excluding hydrogens is 403 g/mol. The van der Waals surface area contributed by atoms with Gasteiger partial charge < -0.3 is 14.6 Å². The topological polar surface area (TPSA) is 62.6 Å². The Morgan fingerprint density at radius 3 is 2.57 bits per heavy atom. The Hall–Kier alpha value is -3.45. The van der Waals surface area contributed by atoms with Crippen molar-refractivity contribution in [2.45, 2.75) is 13.5 Å². The van der Waals surface area contributed by atoms with Crippen LogP contribution >= 0.6 is 11.3 Å². The minimum Gasteiger partial charge on any atom is -0.467 e. The lowest BCUT2D eigenvalue weighted by molar-refractivity contribution is -0.117. The number of hydrogen-bond donors (Lipinski definition) is 1. The largest absolute Gasteiger partial charge is 0.467 e. The first kappa shape index (κ1) is 19.8. The fraction of sp³-hybridized carbons (Fsp3) is 0.130. The molecule has 0 saturated carbocycles. The first-order chi connectivity index (χ1) is 14.5. The van der Waals surface area contributed by atoms with Crippen molar-refractivity contribution in [1.29, 1.82) is 0 Å². The lowest BCUT2D eigenvalue weighted by atomic mass is 10.1. The molecule has 0 bridgehead atoms. The van der Waals surface area contributed by atoms with Gasteiger partial charge in [0.15, 0.2) is 0 Å². The van der Waals surface area contributed by atoms with E-state index in [4.69, 9.17) is 4.42 Å². The summed E-state index contributed by atoms with van der Waals surface area (Å²) in [4.78, 5) is 27.8. The van der Waals surface area contributed by atoms with Crippen LogP contribution in [0.5, 0.6) is 0 Å². The van der Waals surface area contributed by atoms with Gasteiger partial charge in [0.1, 0.15) is 18.1 Å². The van der Waals surface area contributed by atoms with Crippen LogP contribution in [-0.2, 0) is 11.3 Å². The molecule has 0 radical (unpaired) electrons. The number of furan rings is 1. The normalized spacial score (nSPS) is 10.9. The third kappa shape index (κ3) is 4.11. The van der Waals surface area contributed by atoms with Gasteiger partial charge in [-0.15, -0.1) is 11.3 Å².